The maximum atomic E-state index is 11.1. The number of hydrogen-bond donors (Lipinski definition) is 2. The highest BCUT2D eigenvalue weighted by Gasteiger charge is 2.28. The molecule has 0 saturated carbocycles. The van der Waals surface area contributed by atoms with Crippen LogP contribution in [0.5, 0.6) is 0 Å². The number of aromatic nitrogens is 2. The molecular weight excluding hydrogens is 320 g/mol. The third kappa shape index (κ3) is 3.49. The summed E-state index contributed by atoms with van der Waals surface area (Å²) >= 11 is 0. The fourth-order valence-electron chi connectivity index (χ4n) is 2.68. The minimum absolute atomic E-state index is 0.281. The van der Waals surface area contributed by atoms with E-state index >= 15 is 0 Å². The fraction of sp³-hybridized carbons (Fsp3) is 0.389. The summed E-state index contributed by atoms with van der Waals surface area (Å²) in [6.07, 6.45) is 0. The molecule has 7 nitrogen and oxygen atoms in total. The summed E-state index contributed by atoms with van der Waals surface area (Å²) in [4.78, 5) is 14.6. The van der Waals surface area contributed by atoms with Crippen molar-refractivity contribution in [1.82, 2.24) is 9.78 Å². The van der Waals surface area contributed by atoms with Gasteiger partial charge < -0.3 is 15.6 Å². The third-order valence-electron chi connectivity index (χ3n) is 4.13. The van der Waals surface area contributed by atoms with Crippen LogP contribution in [0.4, 0.5) is 11.5 Å². The molecule has 0 bridgehead atoms. The molecule has 0 radical (unpaired) electrons. The zero-order valence-corrected chi connectivity index (χ0v) is 14.8. The molecule has 7 heteroatoms. The molecule has 2 rings (SSSR count). The molecule has 3 N–H and O–H groups in total. The number of hydrogen-bond acceptors (Lipinski definition) is 4. The molecule has 0 aliphatic carbocycles. The number of ether oxygens (including phenoxy) is 1. The molecule has 1 aromatic heterocycles. The second-order valence-electron chi connectivity index (χ2n) is 6.53. The van der Waals surface area contributed by atoms with E-state index in [4.69, 9.17) is 22.1 Å². The van der Waals surface area contributed by atoms with E-state index in [0.29, 0.717) is 23.4 Å². The lowest BCUT2D eigenvalue weighted by atomic mass is 9.99. The molecule has 0 spiro atoms. The highest BCUT2D eigenvalue weighted by molar-refractivity contribution is 5.83. The Balaban J connectivity index is 2.50. The Labute approximate surface area is 146 Å². The molecular formula is C18H22N4O3. The molecule has 132 valence electrons. The number of benzene rings is 1. The zero-order chi connectivity index (χ0) is 18.8. The minimum atomic E-state index is -0.885. The molecule has 1 heterocycles. The smallest absolute Gasteiger partial charge is 0.310 e. The van der Waals surface area contributed by atoms with Crippen LogP contribution in [-0.4, -0.2) is 34.6 Å². The lowest BCUT2D eigenvalue weighted by Gasteiger charge is -2.25. The maximum absolute atomic E-state index is 11.1. The van der Waals surface area contributed by atoms with Crippen LogP contribution in [0.2, 0.25) is 0 Å². The van der Waals surface area contributed by atoms with Gasteiger partial charge in [-0.3, -0.25) is 9.48 Å². The van der Waals surface area contributed by atoms with Gasteiger partial charge >= 0.3 is 5.97 Å². The maximum Gasteiger partial charge on any atom is 0.310 e. The lowest BCUT2D eigenvalue weighted by Crippen LogP contribution is -2.33. The summed E-state index contributed by atoms with van der Waals surface area (Å²) in [6, 6.07) is 6.99. The van der Waals surface area contributed by atoms with Crippen molar-refractivity contribution in [2.24, 2.45) is 0 Å². The molecule has 1 atom stereocenters. The number of carbonyl (C=O) groups is 1. The number of carboxylic acid groups (broad SMARTS) is 1. The summed E-state index contributed by atoms with van der Waals surface area (Å²) < 4.78 is 6.82. The van der Waals surface area contributed by atoms with Crippen molar-refractivity contribution in [2.75, 3.05) is 19.5 Å². The van der Waals surface area contributed by atoms with Crippen molar-refractivity contribution < 1.29 is 14.6 Å². The van der Waals surface area contributed by atoms with E-state index in [-0.39, 0.29) is 11.5 Å². The van der Waals surface area contributed by atoms with Crippen LogP contribution < -0.4 is 5.73 Å². The van der Waals surface area contributed by atoms with Gasteiger partial charge in [0.25, 0.3) is 5.69 Å². The Morgan fingerprint density at radius 3 is 2.52 bits per heavy atom. The molecule has 1 unspecified atom stereocenters. The second kappa shape index (κ2) is 6.95. The summed E-state index contributed by atoms with van der Waals surface area (Å²) in [5, 5.41) is 13.6. The summed E-state index contributed by atoms with van der Waals surface area (Å²) in [5.74, 6) is -1.20. The zero-order valence-electron chi connectivity index (χ0n) is 14.8. The van der Waals surface area contributed by atoms with E-state index < -0.39 is 17.4 Å². The third-order valence-corrected chi connectivity index (χ3v) is 4.13. The second-order valence-corrected chi connectivity index (χ2v) is 6.53. The van der Waals surface area contributed by atoms with Gasteiger partial charge in [-0.1, -0.05) is 24.3 Å². The molecule has 0 amide bonds. The van der Waals surface area contributed by atoms with Crippen LogP contribution in [-0.2, 0) is 15.1 Å². The van der Waals surface area contributed by atoms with Crippen LogP contribution in [0.3, 0.4) is 0 Å². The van der Waals surface area contributed by atoms with E-state index in [0.717, 1.165) is 0 Å². The number of nitrogens with zero attached hydrogens (tertiary/aromatic N) is 3. The first-order chi connectivity index (χ1) is 11.7. The molecule has 1 aromatic carbocycles. The lowest BCUT2D eigenvalue weighted by molar-refractivity contribution is -0.138. The van der Waals surface area contributed by atoms with Gasteiger partial charge in [-0.05, 0) is 31.9 Å². The summed E-state index contributed by atoms with van der Waals surface area (Å²) in [7, 11) is 1.60. The number of nitrogens with two attached hydrogens (primary N) is 1. The van der Waals surface area contributed by atoms with Crippen LogP contribution in [0.1, 0.15) is 32.3 Å². The average molecular weight is 342 g/mol. The first-order valence-corrected chi connectivity index (χ1v) is 7.81. The predicted molar refractivity (Wildman–Crippen MR) is 95.6 cm³/mol. The number of methoxy groups -OCH3 is 1. The quantitative estimate of drug-likeness (QED) is 0.786. The number of nitrogen functional groups attached to an aromatic ring is 1. The highest BCUT2D eigenvalue weighted by atomic mass is 16.5. The average Bonchev–Trinajstić information content (AvgIpc) is 2.91. The van der Waals surface area contributed by atoms with Crippen molar-refractivity contribution in [3.8, 4) is 11.3 Å². The standard InChI is InChI=1S/C18H22N4O3/c1-11(17(23)24)12-6-8-13(9-7-12)14-15(20-4)16(19)22(21-14)18(2,3)10-25-5/h6-9,11H,10,19H2,1-3,5H3,(H,23,24). The first-order valence-electron chi connectivity index (χ1n) is 7.81. The van der Waals surface area contributed by atoms with Gasteiger partial charge in [0.2, 0.25) is 0 Å². The van der Waals surface area contributed by atoms with Crippen LogP contribution in [0.25, 0.3) is 16.1 Å². The van der Waals surface area contributed by atoms with Gasteiger partial charge in [-0.15, -0.1) is 0 Å². The first kappa shape index (κ1) is 18.5. The Morgan fingerprint density at radius 1 is 1.44 bits per heavy atom. The molecule has 0 fully saturated rings. The minimum Gasteiger partial charge on any atom is -0.481 e. The number of anilines is 1. The van der Waals surface area contributed by atoms with Gasteiger partial charge in [-0.25, -0.2) is 4.85 Å². The highest BCUT2D eigenvalue weighted by Crippen LogP contribution is 2.38. The van der Waals surface area contributed by atoms with Crippen LogP contribution >= 0.6 is 0 Å². The number of aliphatic carboxylic acids is 1. The van der Waals surface area contributed by atoms with Gasteiger partial charge in [0.1, 0.15) is 11.5 Å². The van der Waals surface area contributed by atoms with Gasteiger partial charge in [0, 0.05) is 7.11 Å². The summed E-state index contributed by atoms with van der Waals surface area (Å²) in [5.41, 5.74) is 7.79. The summed E-state index contributed by atoms with van der Waals surface area (Å²) in [6.45, 7) is 13.3. The topological polar surface area (TPSA) is 94.7 Å². The molecule has 2 aromatic rings. The Morgan fingerprint density at radius 2 is 2.04 bits per heavy atom. The van der Waals surface area contributed by atoms with Crippen molar-refractivity contribution in [3.05, 3.63) is 41.2 Å². The molecule has 0 aliphatic heterocycles. The fourth-order valence-corrected chi connectivity index (χ4v) is 2.68. The normalized spacial score (nSPS) is 12.6. The van der Waals surface area contributed by atoms with Crippen LogP contribution in [0.15, 0.2) is 24.3 Å². The van der Waals surface area contributed by atoms with Crippen molar-refractivity contribution in [3.63, 3.8) is 0 Å². The van der Waals surface area contributed by atoms with E-state index in [1.54, 1.807) is 43.0 Å². The molecule has 0 aliphatic rings. The van der Waals surface area contributed by atoms with Crippen molar-refractivity contribution >= 4 is 17.5 Å². The SMILES string of the molecule is [C-]#[N+]c1c(-c2ccc(C(C)C(=O)O)cc2)nn(C(C)(C)COC)c1N. The van der Waals surface area contributed by atoms with Crippen molar-refractivity contribution in [2.45, 2.75) is 32.2 Å². The van der Waals surface area contributed by atoms with E-state index in [9.17, 15) is 4.79 Å². The Bertz CT molecular complexity index is 816. The van der Waals surface area contributed by atoms with Gasteiger partial charge in [0.05, 0.1) is 24.6 Å². The van der Waals surface area contributed by atoms with E-state index in [1.807, 2.05) is 13.8 Å². The Kier molecular flexibility index (Phi) is 5.14. The monoisotopic (exact) mass is 342 g/mol. The van der Waals surface area contributed by atoms with Crippen molar-refractivity contribution in [1.29, 1.82) is 0 Å². The predicted octanol–water partition coefficient (Wildman–Crippen LogP) is 3.25. The number of carboxylic acids is 1. The van der Waals surface area contributed by atoms with E-state index in [2.05, 4.69) is 9.94 Å². The molecule has 0 saturated heterocycles. The largest absolute Gasteiger partial charge is 0.481 e. The van der Waals surface area contributed by atoms with E-state index in [1.165, 1.54) is 0 Å². The van der Waals surface area contributed by atoms with Gasteiger partial charge in [-0.2, -0.15) is 5.10 Å². The number of rotatable bonds is 6. The Hall–Kier alpha value is -2.85. The van der Waals surface area contributed by atoms with Crippen LogP contribution in [0, 0.1) is 6.57 Å². The van der Waals surface area contributed by atoms with Gasteiger partial charge in [0.15, 0.2) is 0 Å². The molecule has 25 heavy (non-hydrogen) atoms.